The second-order valence-corrected chi connectivity index (χ2v) is 2.54. The average molecular weight is 155 g/mol. The van der Waals surface area contributed by atoms with E-state index in [1.54, 1.807) is 6.26 Å². The molecule has 0 saturated carbocycles. The molecule has 0 fully saturated rings. The maximum Gasteiger partial charge on any atom is 0.117 e. The molecule has 1 aromatic heterocycles. The van der Waals surface area contributed by atoms with Crippen LogP contribution in [0.4, 0.5) is 0 Å². The smallest absolute Gasteiger partial charge is 0.117 e. The van der Waals surface area contributed by atoms with Crippen LogP contribution in [0.1, 0.15) is 5.76 Å². The van der Waals surface area contributed by atoms with Crippen LogP contribution in [0.2, 0.25) is 0 Å². The van der Waals surface area contributed by atoms with Gasteiger partial charge in [-0.25, -0.2) is 0 Å². The summed E-state index contributed by atoms with van der Waals surface area (Å²) in [4.78, 5) is 2.00. The van der Waals surface area contributed by atoms with Gasteiger partial charge in [-0.3, -0.25) is 4.90 Å². The topological polar surface area (TPSA) is 36.6 Å². The Kier molecular flexibility index (Phi) is 3.14. The Balaban J connectivity index is 2.31. The number of furan rings is 1. The van der Waals surface area contributed by atoms with Gasteiger partial charge in [0.05, 0.1) is 19.4 Å². The van der Waals surface area contributed by atoms with E-state index in [2.05, 4.69) is 0 Å². The van der Waals surface area contributed by atoms with Crippen molar-refractivity contribution in [2.75, 3.05) is 20.2 Å². The number of aliphatic hydroxyl groups excluding tert-OH is 1. The molecular weight excluding hydrogens is 142 g/mol. The number of hydrogen-bond donors (Lipinski definition) is 1. The Labute approximate surface area is 66.2 Å². The molecule has 3 nitrogen and oxygen atoms in total. The molecule has 0 aliphatic carbocycles. The van der Waals surface area contributed by atoms with Crippen LogP contribution in [0.15, 0.2) is 22.8 Å². The van der Waals surface area contributed by atoms with E-state index in [9.17, 15) is 0 Å². The molecule has 1 rings (SSSR count). The Morgan fingerprint density at radius 2 is 2.45 bits per heavy atom. The highest BCUT2D eigenvalue weighted by atomic mass is 16.3. The molecule has 0 aliphatic heterocycles. The van der Waals surface area contributed by atoms with Gasteiger partial charge < -0.3 is 9.52 Å². The summed E-state index contributed by atoms with van der Waals surface area (Å²) < 4.78 is 5.13. The summed E-state index contributed by atoms with van der Waals surface area (Å²) in [5, 5.41) is 8.59. The summed E-state index contributed by atoms with van der Waals surface area (Å²) >= 11 is 0. The quantitative estimate of drug-likeness (QED) is 0.695. The van der Waals surface area contributed by atoms with Gasteiger partial charge in [-0.2, -0.15) is 0 Å². The number of nitrogens with zero attached hydrogens (tertiary/aromatic N) is 1. The van der Waals surface area contributed by atoms with E-state index in [1.807, 2.05) is 24.1 Å². The monoisotopic (exact) mass is 155 g/mol. The van der Waals surface area contributed by atoms with Gasteiger partial charge >= 0.3 is 0 Å². The molecule has 0 unspecified atom stereocenters. The van der Waals surface area contributed by atoms with E-state index >= 15 is 0 Å². The summed E-state index contributed by atoms with van der Waals surface area (Å²) in [6.45, 7) is 1.63. The Morgan fingerprint density at radius 1 is 1.64 bits per heavy atom. The summed E-state index contributed by atoms with van der Waals surface area (Å²) in [7, 11) is 1.94. The van der Waals surface area contributed by atoms with Crippen LogP contribution < -0.4 is 0 Å². The third-order valence-corrected chi connectivity index (χ3v) is 1.49. The fourth-order valence-corrected chi connectivity index (χ4v) is 0.918. The third kappa shape index (κ3) is 2.74. The molecule has 0 radical (unpaired) electrons. The normalized spacial score (nSPS) is 10.8. The molecule has 1 heterocycles. The number of likely N-dealkylation sites (N-methyl/N-ethyl adjacent to an activating group) is 1. The van der Waals surface area contributed by atoms with Gasteiger partial charge in [-0.05, 0) is 19.2 Å². The Bertz CT molecular complexity index is 184. The van der Waals surface area contributed by atoms with Crippen molar-refractivity contribution < 1.29 is 9.52 Å². The SMILES string of the molecule is CN(CCO)Cc1ccco1. The molecule has 0 amide bonds. The van der Waals surface area contributed by atoms with Crippen molar-refractivity contribution in [1.29, 1.82) is 0 Å². The van der Waals surface area contributed by atoms with Gasteiger partial charge in [0.15, 0.2) is 0 Å². The van der Waals surface area contributed by atoms with Crippen LogP contribution in [-0.2, 0) is 6.54 Å². The Morgan fingerprint density at radius 3 is 3.00 bits per heavy atom. The second-order valence-electron chi connectivity index (χ2n) is 2.54. The first-order chi connectivity index (χ1) is 5.33. The molecule has 0 bridgehead atoms. The van der Waals surface area contributed by atoms with Crippen molar-refractivity contribution in [1.82, 2.24) is 4.90 Å². The van der Waals surface area contributed by atoms with Gasteiger partial charge in [-0.1, -0.05) is 0 Å². The summed E-state index contributed by atoms with van der Waals surface area (Å²) in [5.41, 5.74) is 0. The predicted molar refractivity (Wildman–Crippen MR) is 42.1 cm³/mol. The zero-order valence-electron chi connectivity index (χ0n) is 6.66. The lowest BCUT2D eigenvalue weighted by Gasteiger charge is -2.12. The molecule has 0 saturated heterocycles. The lowest BCUT2D eigenvalue weighted by molar-refractivity contribution is 0.208. The van der Waals surface area contributed by atoms with E-state index in [4.69, 9.17) is 9.52 Å². The molecule has 3 heteroatoms. The molecule has 62 valence electrons. The number of aliphatic hydroxyl groups is 1. The third-order valence-electron chi connectivity index (χ3n) is 1.49. The average Bonchev–Trinajstić information content (AvgIpc) is 2.40. The maximum atomic E-state index is 8.59. The van der Waals surface area contributed by atoms with Gasteiger partial charge in [-0.15, -0.1) is 0 Å². The van der Waals surface area contributed by atoms with Crippen LogP contribution in [0.3, 0.4) is 0 Å². The minimum absolute atomic E-state index is 0.192. The molecule has 0 atom stereocenters. The van der Waals surface area contributed by atoms with Crippen LogP contribution in [0, 0.1) is 0 Å². The fourth-order valence-electron chi connectivity index (χ4n) is 0.918. The van der Waals surface area contributed by atoms with Crippen LogP contribution in [-0.4, -0.2) is 30.2 Å². The molecule has 1 aromatic rings. The van der Waals surface area contributed by atoms with E-state index in [1.165, 1.54) is 0 Å². The first-order valence-electron chi connectivity index (χ1n) is 3.64. The summed E-state index contributed by atoms with van der Waals surface area (Å²) in [6.07, 6.45) is 1.65. The van der Waals surface area contributed by atoms with Crippen molar-refractivity contribution in [2.45, 2.75) is 6.54 Å². The Hall–Kier alpha value is -0.800. The lowest BCUT2D eigenvalue weighted by atomic mass is 10.4. The first-order valence-corrected chi connectivity index (χ1v) is 3.64. The van der Waals surface area contributed by atoms with E-state index < -0.39 is 0 Å². The van der Waals surface area contributed by atoms with E-state index in [0.29, 0.717) is 6.54 Å². The largest absolute Gasteiger partial charge is 0.468 e. The first kappa shape index (κ1) is 8.30. The van der Waals surface area contributed by atoms with Gasteiger partial charge in [0, 0.05) is 6.54 Å². The van der Waals surface area contributed by atoms with Crippen LogP contribution >= 0.6 is 0 Å². The molecule has 0 spiro atoms. The van der Waals surface area contributed by atoms with Crippen LogP contribution in [0.5, 0.6) is 0 Å². The van der Waals surface area contributed by atoms with Gasteiger partial charge in [0.25, 0.3) is 0 Å². The zero-order chi connectivity index (χ0) is 8.10. The van der Waals surface area contributed by atoms with Crippen LogP contribution in [0.25, 0.3) is 0 Å². The summed E-state index contributed by atoms with van der Waals surface area (Å²) in [5.74, 6) is 0.931. The van der Waals surface area contributed by atoms with Crippen molar-refractivity contribution in [2.24, 2.45) is 0 Å². The molecule has 0 aliphatic rings. The number of rotatable bonds is 4. The minimum Gasteiger partial charge on any atom is -0.468 e. The molecule has 1 N–H and O–H groups in total. The highest BCUT2D eigenvalue weighted by molar-refractivity contribution is 4.97. The second kappa shape index (κ2) is 4.16. The highest BCUT2D eigenvalue weighted by Gasteiger charge is 1.99. The van der Waals surface area contributed by atoms with E-state index in [-0.39, 0.29) is 6.61 Å². The molecular formula is C8H13NO2. The maximum absolute atomic E-state index is 8.59. The van der Waals surface area contributed by atoms with E-state index in [0.717, 1.165) is 12.3 Å². The predicted octanol–water partition coefficient (Wildman–Crippen LogP) is 0.704. The number of hydrogen-bond acceptors (Lipinski definition) is 3. The molecule has 0 aromatic carbocycles. The highest BCUT2D eigenvalue weighted by Crippen LogP contribution is 2.02. The summed E-state index contributed by atoms with van der Waals surface area (Å²) in [6, 6.07) is 3.79. The van der Waals surface area contributed by atoms with Crippen molar-refractivity contribution in [3.05, 3.63) is 24.2 Å². The fraction of sp³-hybridized carbons (Fsp3) is 0.500. The van der Waals surface area contributed by atoms with Crippen molar-refractivity contribution in [3.8, 4) is 0 Å². The zero-order valence-corrected chi connectivity index (χ0v) is 6.66. The van der Waals surface area contributed by atoms with Gasteiger partial charge in [0.1, 0.15) is 5.76 Å². The minimum atomic E-state index is 0.192. The van der Waals surface area contributed by atoms with Gasteiger partial charge in [0.2, 0.25) is 0 Å². The molecule has 11 heavy (non-hydrogen) atoms. The lowest BCUT2D eigenvalue weighted by Crippen LogP contribution is -2.21. The van der Waals surface area contributed by atoms with Crippen molar-refractivity contribution in [3.63, 3.8) is 0 Å². The standard InChI is InChI=1S/C8H13NO2/c1-9(4-5-10)7-8-3-2-6-11-8/h2-3,6,10H,4-5,7H2,1H3. The van der Waals surface area contributed by atoms with Crippen molar-refractivity contribution >= 4 is 0 Å².